The van der Waals surface area contributed by atoms with Crippen molar-refractivity contribution in [3.63, 3.8) is 0 Å². The first-order valence-corrected chi connectivity index (χ1v) is 9.08. The second kappa shape index (κ2) is 7.92. The molecule has 4 heteroatoms. The molecule has 138 valence electrons. The van der Waals surface area contributed by atoms with Crippen LogP contribution in [0.2, 0.25) is 0 Å². The second-order valence-corrected chi connectivity index (χ2v) is 7.37. The zero-order valence-electron chi connectivity index (χ0n) is 15.8. The predicted octanol–water partition coefficient (Wildman–Crippen LogP) is 3.66. The van der Waals surface area contributed by atoms with Crippen LogP contribution in [0.3, 0.4) is 0 Å². The first-order chi connectivity index (χ1) is 12.5. The standard InChI is InChI=1S/C22H27NO3/c1-22(2)16-26-13-12-23(22)21(24)20(14-17-8-5-4-6-9-17)18-10-7-11-19(15-18)25-3/h4-11,15,20H,12-14,16H2,1-3H3. The highest BCUT2D eigenvalue weighted by atomic mass is 16.5. The number of hydrogen-bond acceptors (Lipinski definition) is 3. The normalized spacial score (nSPS) is 17.6. The number of hydrogen-bond donors (Lipinski definition) is 0. The monoisotopic (exact) mass is 353 g/mol. The number of carbonyl (C=O) groups is 1. The van der Waals surface area contributed by atoms with Crippen LogP contribution < -0.4 is 4.74 Å². The average Bonchev–Trinajstić information content (AvgIpc) is 2.66. The van der Waals surface area contributed by atoms with Crippen LogP contribution >= 0.6 is 0 Å². The molecule has 3 rings (SSSR count). The molecule has 1 amide bonds. The Morgan fingerprint density at radius 1 is 1.19 bits per heavy atom. The fourth-order valence-corrected chi connectivity index (χ4v) is 3.51. The van der Waals surface area contributed by atoms with Gasteiger partial charge in [0.2, 0.25) is 5.91 Å². The molecule has 26 heavy (non-hydrogen) atoms. The molecular weight excluding hydrogens is 326 g/mol. The number of amides is 1. The summed E-state index contributed by atoms with van der Waals surface area (Å²) in [4.78, 5) is 15.5. The van der Waals surface area contributed by atoms with E-state index < -0.39 is 0 Å². The van der Waals surface area contributed by atoms with Crippen molar-refractivity contribution >= 4 is 5.91 Å². The fourth-order valence-electron chi connectivity index (χ4n) is 3.51. The molecule has 1 aliphatic heterocycles. The summed E-state index contributed by atoms with van der Waals surface area (Å²) in [6, 6.07) is 18.0. The number of methoxy groups -OCH3 is 1. The largest absolute Gasteiger partial charge is 0.497 e. The summed E-state index contributed by atoms with van der Waals surface area (Å²) in [5, 5.41) is 0. The van der Waals surface area contributed by atoms with Gasteiger partial charge in [-0.15, -0.1) is 0 Å². The van der Waals surface area contributed by atoms with Gasteiger partial charge in [0, 0.05) is 6.54 Å². The Hall–Kier alpha value is -2.33. The highest BCUT2D eigenvalue weighted by Gasteiger charge is 2.37. The summed E-state index contributed by atoms with van der Waals surface area (Å²) in [6.45, 7) is 5.91. The van der Waals surface area contributed by atoms with E-state index in [9.17, 15) is 4.79 Å². The van der Waals surface area contributed by atoms with Gasteiger partial charge in [0.25, 0.3) is 0 Å². The Kier molecular flexibility index (Phi) is 5.62. The van der Waals surface area contributed by atoms with Crippen LogP contribution in [-0.2, 0) is 16.0 Å². The fraction of sp³-hybridized carbons (Fsp3) is 0.409. The van der Waals surface area contributed by atoms with Crippen molar-refractivity contribution in [2.75, 3.05) is 26.9 Å². The van der Waals surface area contributed by atoms with E-state index in [-0.39, 0.29) is 17.4 Å². The number of benzene rings is 2. The smallest absolute Gasteiger partial charge is 0.231 e. The summed E-state index contributed by atoms with van der Waals surface area (Å²) in [5.74, 6) is 0.676. The first-order valence-electron chi connectivity index (χ1n) is 9.08. The van der Waals surface area contributed by atoms with Gasteiger partial charge < -0.3 is 14.4 Å². The molecule has 1 aliphatic rings. The Bertz CT molecular complexity index is 742. The maximum atomic E-state index is 13.5. The summed E-state index contributed by atoms with van der Waals surface area (Å²) < 4.78 is 11.0. The lowest BCUT2D eigenvalue weighted by Crippen LogP contribution is -2.56. The number of carbonyl (C=O) groups excluding carboxylic acids is 1. The van der Waals surface area contributed by atoms with Crippen LogP contribution in [0.15, 0.2) is 54.6 Å². The molecule has 0 radical (unpaired) electrons. The van der Waals surface area contributed by atoms with Crippen LogP contribution in [0.25, 0.3) is 0 Å². The summed E-state index contributed by atoms with van der Waals surface area (Å²) in [5.41, 5.74) is 1.84. The Morgan fingerprint density at radius 3 is 2.65 bits per heavy atom. The molecular formula is C22H27NO3. The average molecular weight is 353 g/mol. The van der Waals surface area contributed by atoms with E-state index in [2.05, 4.69) is 26.0 Å². The topological polar surface area (TPSA) is 38.8 Å². The van der Waals surface area contributed by atoms with Gasteiger partial charge in [-0.2, -0.15) is 0 Å². The van der Waals surface area contributed by atoms with E-state index >= 15 is 0 Å². The van der Waals surface area contributed by atoms with Gasteiger partial charge in [-0.3, -0.25) is 4.79 Å². The maximum Gasteiger partial charge on any atom is 0.231 e. The lowest BCUT2D eigenvalue weighted by Gasteiger charge is -2.43. The molecule has 2 aromatic rings. The Labute approximate surface area is 155 Å². The van der Waals surface area contributed by atoms with Crippen LogP contribution in [0.5, 0.6) is 5.75 Å². The van der Waals surface area contributed by atoms with E-state index in [0.717, 1.165) is 16.9 Å². The molecule has 0 N–H and O–H groups in total. The molecule has 1 saturated heterocycles. The Balaban J connectivity index is 1.95. The Morgan fingerprint density at radius 2 is 1.96 bits per heavy atom. The van der Waals surface area contributed by atoms with Crippen molar-refractivity contribution in [1.82, 2.24) is 4.90 Å². The molecule has 4 nitrogen and oxygen atoms in total. The number of morpholine rings is 1. The number of rotatable bonds is 5. The van der Waals surface area contributed by atoms with Crippen molar-refractivity contribution in [2.45, 2.75) is 31.7 Å². The van der Waals surface area contributed by atoms with Crippen molar-refractivity contribution in [2.24, 2.45) is 0 Å². The molecule has 1 unspecified atom stereocenters. The molecule has 1 fully saturated rings. The molecule has 0 aromatic heterocycles. The van der Waals surface area contributed by atoms with Crippen LogP contribution in [0, 0.1) is 0 Å². The van der Waals surface area contributed by atoms with Gasteiger partial charge in [-0.1, -0.05) is 42.5 Å². The molecule has 0 saturated carbocycles. The van der Waals surface area contributed by atoms with E-state index in [4.69, 9.17) is 9.47 Å². The maximum absolute atomic E-state index is 13.5. The minimum Gasteiger partial charge on any atom is -0.497 e. The quantitative estimate of drug-likeness (QED) is 0.823. The van der Waals surface area contributed by atoms with Gasteiger partial charge in [0.05, 0.1) is 31.8 Å². The van der Waals surface area contributed by atoms with Crippen molar-refractivity contribution in [3.8, 4) is 5.75 Å². The van der Waals surface area contributed by atoms with Crippen LogP contribution in [0.4, 0.5) is 0 Å². The zero-order valence-corrected chi connectivity index (χ0v) is 15.8. The minimum absolute atomic E-state index is 0.149. The van der Waals surface area contributed by atoms with Gasteiger partial charge in [-0.05, 0) is 43.5 Å². The van der Waals surface area contributed by atoms with Gasteiger partial charge in [-0.25, -0.2) is 0 Å². The summed E-state index contributed by atoms with van der Waals surface area (Å²) in [7, 11) is 1.65. The van der Waals surface area contributed by atoms with E-state index in [1.807, 2.05) is 47.4 Å². The molecule has 0 bridgehead atoms. The molecule has 2 aromatic carbocycles. The van der Waals surface area contributed by atoms with Gasteiger partial charge in [0.1, 0.15) is 5.75 Å². The highest BCUT2D eigenvalue weighted by Crippen LogP contribution is 2.30. The van der Waals surface area contributed by atoms with Crippen molar-refractivity contribution in [3.05, 3.63) is 65.7 Å². The predicted molar refractivity (Wildman–Crippen MR) is 102 cm³/mol. The highest BCUT2D eigenvalue weighted by molar-refractivity contribution is 5.85. The number of nitrogens with zero attached hydrogens (tertiary/aromatic N) is 1. The van der Waals surface area contributed by atoms with Crippen molar-refractivity contribution in [1.29, 1.82) is 0 Å². The third-order valence-electron chi connectivity index (χ3n) is 4.99. The second-order valence-electron chi connectivity index (χ2n) is 7.37. The molecule has 0 spiro atoms. The molecule has 1 heterocycles. The summed E-state index contributed by atoms with van der Waals surface area (Å²) in [6.07, 6.45) is 0.667. The first kappa shape index (κ1) is 18.5. The number of ether oxygens (including phenoxy) is 2. The SMILES string of the molecule is COc1cccc(C(Cc2ccccc2)C(=O)N2CCOCC2(C)C)c1. The van der Waals surface area contributed by atoms with Crippen LogP contribution in [0.1, 0.15) is 30.9 Å². The zero-order chi connectivity index (χ0) is 18.6. The van der Waals surface area contributed by atoms with E-state index in [0.29, 0.717) is 26.2 Å². The van der Waals surface area contributed by atoms with Gasteiger partial charge >= 0.3 is 0 Å². The molecule has 1 atom stereocenters. The van der Waals surface area contributed by atoms with Crippen molar-refractivity contribution < 1.29 is 14.3 Å². The summed E-state index contributed by atoms with van der Waals surface area (Å²) >= 11 is 0. The van der Waals surface area contributed by atoms with Gasteiger partial charge in [0.15, 0.2) is 0 Å². The third kappa shape index (κ3) is 4.07. The third-order valence-corrected chi connectivity index (χ3v) is 4.99. The molecule has 0 aliphatic carbocycles. The minimum atomic E-state index is -0.302. The lowest BCUT2D eigenvalue weighted by atomic mass is 9.88. The van der Waals surface area contributed by atoms with Crippen LogP contribution in [-0.4, -0.2) is 43.2 Å². The van der Waals surface area contributed by atoms with E-state index in [1.165, 1.54) is 0 Å². The lowest BCUT2D eigenvalue weighted by molar-refractivity contribution is -0.148. The van der Waals surface area contributed by atoms with E-state index in [1.54, 1.807) is 7.11 Å².